The van der Waals surface area contributed by atoms with E-state index in [1.807, 2.05) is 12.1 Å². The number of amidine groups is 1. The summed E-state index contributed by atoms with van der Waals surface area (Å²) >= 11 is 0. The Balaban J connectivity index is 1.94. The Kier molecular flexibility index (Phi) is 2.87. The summed E-state index contributed by atoms with van der Waals surface area (Å²) in [4.78, 5) is 4.44. The van der Waals surface area contributed by atoms with Crippen molar-refractivity contribution in [1.29, 1.82) is 0 Å². The molecule has 76 valence electrons. The molecule has 0 amide bonds. The maximum absolute atomic E-state index is 5.32. The van der Waals surface area contributed by atoms with Crippen LogP contribution >= 0.6 is 0 Å². The normalized spacial score (nSPS) is 18.8. The molecule has 2 heterocycles. The summed E-state index contributed by atoms with van der Waals surface area (Å²) < 4.78 is 5.32. The monoisotopic (exact) mass is 192 g/mol. The van der Waals surface area contributed by atoms with E-state index in [9.17, 15) is 0 Å². The Hall–Kier alpha value is -1.25. The lowest BCUT2D eigenvalue weighted by Crippen LogP contribution is -2.28. The summed E-state index contributed by atoms with van der Waals surface area (Å²) in [6, 6.07) is 4.12. The molecule has 0 unspecified atom stereocenters. The van der Waals surface area contributed by atoms with Crippen molar-refractivity contribution in [1.82, 2.24) is 5.32 Å². The van der Waals surface area contributed by atoms with E-state index in [2.05, 4.69) is 17.2 Å². The van der Waals surface area contributed by atoms with Crippen LogP contribution < -0.4 is 5.32 Å². The number of hydrogen-bond donors (Lipinski definition) is 1. The van der Waals surface area contributed by atoms with Crippen molar-refractivity contribution < 1.29 is 4.42 Å². The lowest BCUT2D eigenvalue weighted by molar-refractivity contribution is 0.460. The number of nitrogens with one attached hydrogen (secondary N) is 1. The first-order valence-corrected chi connectivity index (χ1v) is 5.19. The van der Waals surface area contributed by atoms with Crippen molar-refractivity contribution in [2.75, 3.05) is 6.54 Å². The lowest BCUT2D eigenvalue weighted by Gasteiger charge is -2.17. The van der Waals surface area contributed by atoms with E-state index < -0.39 is 0 Å². The molecule has 1 atom stereocenters. The molecule has 0 bridgehead atoms. The van der Waals surface area contributed by atoms with Gasteiger partial charge in [-0.25, -0.2) is 0 Å². The van der Waals surface area contributed by atoms with Gasteiger partial charge in [0.1, 0.15) is 5.76 Å². The molecule has 0 spiro atoms. The molecule has 1 aromatic rings. The number of rotatable bonds is 2. The fourth-order valence-electron chi connectivity index (χ4n) is 1.67. The molecule has 0 saturated heterocycles. The Labute approximate surface area is 84.2 Å². The molecule has 1 aliphatic heterocycles. The molecule has 0 fully saturated rings. The highest BCUT2D eigenvalue weighted by Crippen LogP contribution is 2.14. The van der Waals surface area contributed by atoms with Crippen molar-refractivity contribution in [3.8, 4) is 0 Å². The molecule has 1 N–H and O–H groups in total. The van der Waals surface area contributed by atoms with Crippen LogP contribution in [0, 0.1) is 0 Å². The first-order chi connectivity index (χ1) is 6.86. The molecule has 3 nitrogen and oxygen atoms in total. The fraction of sp³-hybridized carbons (Fsp3) is 0.545. The highest BCUT2D eigenvalue weighted by atomic mass is 16.3. The van der Waals surface area contributed by atoms with Gasteiger partial charge >= 0.3 is 0 Å². The minimum atomic E-state index is 0.224. The molecule has 0 aromatic carbocycles. The van der Waals surface area contributed by atoms with Crippen LogP contribution in [-0.4, -0.2) is 12.4 Å². The van der Waals surface area contributed by atoms with Crippen LogP contribution in [0.15, 0.2) is 27.8 Å². The molecule has 14 heavy (non-hydrogen) atoms. The second-order valence-electron chi connectivity index (χ2n) is 3.67. The van der Waals surface area contributed by atoms with E-state index in [1.165, 1.54) is 12.8 Å². The van der Waals surface area contributed by atoms with Crippen molar-refractivity contribution in [3.63, 3.8) is 0 Å². The molecular formula is C11H16N2O. The van der Waals surface area contributed by atoms with Crippen LogP contribution in [0.4, 0.5) is 0 Å². The van der Waals surface area contributed by atoms with Gasteiger partial charge in [-0.2, -0.15) is 0 Å². The maximum Gasteiger partial charge on any atom is 0.125 e. The number of nitrogens with zero attached hydrogens (tertiary/aromatic N) is 1. The standard InChI is InChI=1S/C11H16N2O/c1-9(10-5-4-8-14-10)13-11-6-2-3-7-12-11/h4-5,8-9H,2-3,6-7H2,1H3,(H,12,13)/t9-/m1/s1. The van der Waals surface area contributed by atoms with Gasteiger partial charge in [0, 0.05) is 13.0 Å². The van der Waals surface area contributed by atoms with Crippen molar-refractivity contribution in [3.05, 3.63) is 24.2 Å². The van der Waals surface area contributed by atoms with E-state index in [4.69, 9.17) is 4.42 Å². The van der Waals surface area contributed by atoms with Crippen molar-refractivity contribution >= 4 is 5.84 Å². The zero-order valence-electron chi connectivity index (χ0n) is 8.49. The van der Waals surface area contributed by atoms with Gasteiger partial charge in [0.05, 0.1) is 18.1 Å². The average Bonchev–Trinajstić information content (AvgIpc) is 2.72. The molecule has 0 radical (unpaired) electrons. The SMILES string of the molecule is C[C@@H](NC1=NCCCC1)c1ccco1. The summed E-state index contributed by atoms with van der Waals surface area (Å²) in [5.41, 5.74) is 0. The zero-order chi connectivity index (χ0) is 9.80. The molecule has 2 rings (SSSR count). The fourth-order valence-corrected chi connectivity index (χ4v) is 1.67. The Morgan fingerprint density at radius 1 is 1.50 bits per heavy atom. The van der Waals surface area contributed by atoms with Gasteiger partial charge in [-0.3, -0.25) is 4.99 Å². The topological polar surface area (TPSA) is 37.5 Å². The second kappa shape index (κ2) is 4.31. The van der Waals surface area contributed by atoms with E-state index >= 15 is 0 Å². The van der Waals surface area contributed by atoms with Crippen LogP contribution in [0.5, 0.6) is 0 Å². The quantitative estimate of drug-likeness (QED) is 0.781. The van der Waals surface area contributed by atoms with E-state index in [-0.39, 0.29) is 6.04 Å². The number of furan rings is 1. The van der Waals surface area contributed by atoms with E-state index in [0.29, 0.717) is 0 Å². The molecule has 0 saturated carbocycles. The van der Waals surface area contributed by atoms with Gasteiger partial charge < -0.3 is 9.73 Å². The Morgan fingerprint density at radius 2 is 2.43 bits per heavy atom. The first-order valence-electron chi connectivity index (χ1n) is 5.19. The third-order valence-electron chi connectivity index (χ3n) is 2.48. The third kappa shape index (κ3) is 2.16. The van der Waals surface area contributed by atoms with E-state index in [0.717, 1.165) is 24.6 Å². The second-order valence-corrected chi connectivity index (χ2v) is 3.67. The minimum absolute atomic E-state index is 0.224. The number of aliphatic imine (C=N–C) groups is 1. The van der Waals surface area contributed by atoms with Crippen LogP contribution in [-0.2, 0) is 0 Å². The van der Waals surface area contributed by atoms with Crippen molar-refractivity contribution in [2.24, 2.45) is 4.99 Å². The van der Waals surface area contributed by atoms with Crippen molar-refractivity contribution in [2.45, 2.75) is 32.2 Å². The summed E-state index contributed by atoms with van der Waals surface area (Å²) in [7, 11) is 0. The van der Waals surface area contributed by atoms with Gasteiger partial charge in [0.2, 0.25) is 0 Å². The largest absolute Gasteiger partial charge is 0.467 e. The van der Waals surface area contributed by atoms with Crippen LogP contribution in [0.3, 0.4) is 0 Å². The van der Waals surface area contributed by atoms with E-state index in [1.54, 1.807) is 6.26 Å². The Bertz CT molecular complexity index is 303. The van der Waals surface area contributed by atoms with Gasteiger partial charge in [0.15, 0.2) is 0 Å². The summed E-state index contributed by atoms with van der Waals surface area (Å²) in [6.07, 6.45) is 5.25. The summed E-state index contributed by atoms with van der Waals surface area (Å²) in [5.74, 6) is 2.10. The van der Waals surface area contributed by atoms with Gasteiger partial charge in [-0.15, -0.1) is 0 Å². The predicted molar refractivity (Wildman–Crippen MR) is 56.4 cm³/mol. The molecule has 3 heteroatoms. The van der Waals surface area contributed by atoms with Crippen LogP contribution in [0.25, 0.3) is 0 Å². The van der Waals surface area contributed by atoms with Gasteiger partial charge in [-0.05, 0) is 31.9 Å². The highest BCUT2D eigenvalue weighted by Gasteiger charge is 2.11. The molecule has 0 aliphatic carbocycles. The molecule has 1 aliphatic rings. The first kappa shape index (κ1) is 9.31. The highest BCUT2D eigenvalue weighted by molar-refractivity contribution is 5.82. The third-order valence-corrected chi connectivity index (χ3v) is 2.48. The Morgan fingerprint density at radius 3 is 3.07 bits per heavy atom. The summed E-state index contributed by atoms with van der Waals surface area (Å²) in [6.45, 7) is 3.06. The smallest absolute Gasteiger partial charge is 0.125 e. The molecular weight excluding hydrogens is 176 g/mol. The zero-order valence-corrected chi connectivity index (χ0v) is 8.49. The summed E-state index contributed by atoms with van der Waals surface area (Å²) in [5, 5.41) is 3.38. The average molecular weight is 192 g/mol. The minimum Gasteiger partial charge on any atom is -0.467 e. The van der Waals surface area contributed by atoms with Crippen LogP contribution in [0.1, 0.15) is 38.0 Å². The molecule has 1 aromatic heterocycles. The van der Waals surface area contributed by atoms with Crippen LogP contribution in [0.2, 0.25) is 0 Å². The predicted octanol–water partition coefficient (Wildman–Crippen LogP) is 2.51. The maximum atomic E-state index is 5.32. The van der Waals surface area contributed by atoms with Gasteiger partial charge in [-0.1, -0.05) is 0 Å². The van der Waals surface area contributed by atoms with Gasteiger partial charge in [0.25, 0.3) is 0 Å². The number of hydrogen-bond acceptors (Lipinski definition) is 3. The lowest BCUT2D eigenvalue weighted by atomic mass is 10.1.